The average Bonchev–Trinajstić information content (AvgIpc) is 2.46. The monoisotopic (exact) mass is 282 g/mol. The molecule has 0 aromatic rings. The first-order chi connectivity index (χ1) is 9.55. The lowest BCUT2D eigenvalue weighted by Gasteiger charge is -2.41. The quantitative estimate of drug-likeness (QED) is 0.785. The Kier molecular flexibility index (Phi) is 5.44. The molecule has 2 N–H and O–H groups in total. The van der Waals surface area contributed by atoms with E-state index >= 15 is 0 Å². The number of nitrogens with one attached hydrogen (secondary N) is 1. The molecule has 1 aliphatic heterocycles. The van der Waals surface area contributed by atoms with Crippen LogP contribution in [0.15, 0.2) is 0 Å². The molecule has 2 fully saturated rings. The number of aliphatic carboxylic acids is 1. The molecule has 0 aromatic heterocycles. The Balaban J connectivity index is 1.73. The van der Waals surface area contributed by atoms with Gasteiger partial charge in [-0.2, -0.15) is 0 Å². The number of carbonyl (C=O) groups is 1. The largest absolute Gasteiger partial charge is 0.480 e. The average molecular weight is 282 g/mol. The van der Waals surface area contributed by atoms with Crippen LogP contribution < -0.4 is 5.32 Å². The Bertz CT molecular complexity index is 334. The highest BCUT2D eigenvalue weighted by atomic mass is 16.4. The van der Waals surface area contributed by atoms with E-state index in [2.05, 4.69) is 10.2 Å². The first-order valence-electron chi connectivity index (χ1n) is 8.20. The highest BCUT2D eigenvalue weighted by Crippen LogP contribution is 2.36. The van der Waals surface area contributed by atoms with Crippen LogP contribution in [0, 0.1) is 11.8 Å². The zero-order chi connectivity index (χ0) is 14.6. The van der Waals surface area contributed by atoms with Gasteiger partial charge in [0.1, 0.15) is 5.54 Å². The van der Waals surface area contributed by atoms with Crippen molar-refractivity contribution < 1.29 is 9.90 Å². The molecular weight excluding hydrogens is 252 g/mol. The molecule has 116 valence electrons. The number of fused-ring (bicyclic) bond motifs is 1. The van der Waals surface area contributed by atoms with Crippen LogP contribution in [-0.2, 0) is 4.79 Å². The van der Waals surface area contributed by atoms with Gasteiger partial charge in [0.15, 0.2) is 0 Å². The molecule has 0 bridgehead atoms. The highest BCUT2D eigenvalue weighted by Gasteiger charge is 2.33. The van der Waals surface area contributed by atoms with Gasteiger partial charge in [0.05, 0.1) is 0 Å². The second-order valence-electron chi connectivity index (χ2n) is 6.88. The maximum Gasteiger partial charge on any atom is 0.323 e. The fourth-order valence-corrected chi connectivity index (χ4v) is 3.87. The van der Waals surface area contributed by atoms with Gasteiger partial charge in [-0.05, 0) is 64.6 Å². The molecule has 1 aliphatic carbocycles. The molecule has 0 spiro atoms. The van der Waals surface area contributed by atoms with Crippen LogP contribution in [-0.4, -0.2) is 48.2 Å². The lowest BCUT2D eigenvalue weighted by Crippen LogP contribution is -2.48. The molecule has 0 amide bonds. The topological polar surface area (TPSA) is 52.6 Å². The van der Waals surface area contributed by atoms with E-state index in [1.54, 1.807) is 14.0 Å². The smallest absolute Gasteiger partial charge is 0.323 e. The van der Waals surface area contributed by atoms with Crippen molar-refractivity contribution in [2.45, 2.75) is 57.4 Å². The molecule has 0 radical (unpaired) electrons. The van der Waals surface area contributed by atoms with Crippen LogP contribution >= 0.6 is 0 Å². The zero-order valence-corrected chi connectivity index (χ0v) is 13.0. The number of piperidine rings is 1. The highest BCUT2D eigenvalue weighted by molar-refractivity contribution is 5.78. The van der Waals surface area contributed by atoms with E-state index in [0.717, 1.165) is 24.8 Å². The number of nitrogens with zero attached hydrogens (tertiary/aromatic N) is 1. The van der Waals surface area contributed by atoms with Crippen LogP contribution in [0.2, 0.25) is 0 Å². The van der Waals surface area contributed by atoms with E-state index in [1.165, 1.54) is 45.2 Å². The Morgan fingerprint density at radius 3 is 2.65 bits per heavy atom. The number of carboxylic acid groups (broad SMARTS) is 1. The third-order valence-electron chi connectivity index (χ3n) is 5.55. The molecule has 1 saturated heterocycles. The summed E-state index contributed by atoms with van der Waals surface area (Å²) in [5, 5.41) is 12.2. The number of hydrogen-bond acceptors (Lipinski definition) is 3. The fraction of sp³-hybridized carbons (Fsp3) is 0.938. The number of rotatable bonds is 6. The number of likely N-dealkylation sites (N-methyl/N-ethyl adjacent to an activating group) is 1. The minimum atomic E-state index is -0.775. The van der Waals surface area contributed by atoms with Crippen LogP contribution in [0.1, 0.15) is 51.9 Å². The first kappa shape index (κ1) is 15.8. The van der Waals surface area contributed by atoms with Gasteiger partial charge < -0.3 is 15.3 Å². The molecule has 0 aromatic carbocycles. The van der Waals surface area contributed by atoms with E-state index in [0.29, 0.717) is 6.42 Å². The van der Waals surface area contributed by atoms with Crippen molar-refractivity contribution in [3.63, 3.8) is 0 Å². The van der Waals surface area contributed by atoms with E-state index in [9.17, 15) is 9.90 Å². The van der Waals surface area contributed by atoms with Crippen molar-refractivity contribution in [2.24, 2.45) is 11.8 Å². The third-order valence-corrected chi connectivity index (χ3v) is 5.55. The molecule has 4 nitrogen and oxygen atoms in total. The van der Waals surface area contributed by atoms with Gasteiger partial charge in [-0.25, -0.2) is 0 Å². The Morgan fingerprint density at radius 2 is 2.00 bits per heavy atom. The van der Waals surface area contributed by atoms with Crippen molar-refractivity contribution in [1.82, 2.24) is 10.2 Å². The second-order valence-corrected chi connectivity index (χ2v) is 6.88. The third kappa shape index (κ3) is 3.73. The minimum Gasteiger partial charge on any atom is -0.480 e. The van der Waals surface area contributed by atoms with Gasteiger partial charge in [-0.1, -0.05) is 19.3 Å². The lowest BCUT2D eigenvalue weighted by atomic mass is 9.75. The van der Waals surface area contributed by atoms with Crippen molar-refractivity contribution in [2.75, 3.05) is 26.7 Å². The summed E-state index contributed by atoms with van der Waals surface area (Å²) >= 11 is 0. The standard InChI is InChI=1S/C16H30N2O2/c1-16(17-2,15(19)20)9-5-10-18-11-8-13-6-3-4-7-14(13)12-18/h13-14,17H,3-12H2,1-2H3,(H,19,20). The summed E-state index contributed by atoms with van der Waals surface area (Å²) in [4.78, 5) is 13.8. The van der Waals surface area contributed by atoms with Gasteiger partial charge in [0.2, 0.25) is 0 Å². The normalized spacial score (nSPS) is 30.5. The molecule has 3 unspecified atom stereocenters. The molecule has 1 saturated carbocycles. The predicted octanol–water partition coefficient (Wildman–Crippen LogP) is 2.34. The maximum absolute atomic E-state index is 11.2. The van der Waals surface area contributed by atoms with Crippen molar-refractivity contribution >= 4 is 5.97 Å². The number of hydrogen-bond donors (Lipinski definition) is 2. The zero-order valence-electron chi connectivity index (χ0n) is 13.0. The van der Waals surface area contributed by atoms with Crippen LogP contribution in [0.4, 0.5) is 0 Å². The first-order valence-corrected chi connectivity index (χ1v) is 8.20. The Hall–Kier alpha value is -0.610. The Morgan fingerprint density at radius 1 is 1.30 bits per heavy atom. The van der Waals surface area contributed by atoms with E-state index in [-0.39, 0.29) is 0 Å². The van der Waals surface area contributed by atoms with E-state index in [4.69, 9.17) is 0 Å². The minimum absolute atomic E-state index is 0.698. The molecule has 2 aliphatic rings. The SMILES string of the molecule is CNC(C)(CCCN1CCC2CCCCC2C1)C(=O)O. The van der Waals surface area contributed by atoms with Gasteiger partial charge in [-0.3, -0.25) is 4.79 Å². The summed E-state index contributed by atoms with van der Waals surface area (Å²) in [5.41, 5.74) is -0.775. The summed E-state index contributed by atoms with van der Waals surface area (Å²) < 4.78 is 0. The van der Waals surface area contributed by atoms with Crippen LogP contribution in [0.5, 0.6) is 0 Å². The molecule has 1 heterocycles. The molecule has 3 atom stereocenters. The van der Waals surface area contributed by atoms with Crippen molar-refractivity contribution in [1.29, 1.82) is 0 Å². The van der Waals surface area contributed by atoms with Crippen LogP contribution in [0.3, 0.4) is 0 Å². The lowest BCUT2D eigenvalue weighted by molar-refractivity contribution is -0.144. The maximum atomic E-state index is 11.2. The number of likely N-dealkylation sites (tertiary alicyclic amines) is 1. The van der Waals surface area contributed by atoms with Crippen LogP contribution in [0.25, 0.3) is 0 Å². The van der Waals surface area contributed by atoms with Gasteiger partial charge >= 0.3 is 5.97 Å². The molecular formula is C16H30N2O2. The van der Waals surface area contributed by atoms with E-state index in [1.807, 2.05) is 0 Å². The van der Waals surface area contributed by atoms with Gasteiger partial charge in [-0.15, -0.1) is 0 Å². The van der Waals surface area contributed by atoms with Gasteiger partial charge in [0, 0.05) is 6.54 Å². The number of carboxylic acids is 1. The summed E-state index contributed by atoms with van der Waals surface area (Å²) in [6.07, 6.45) is 8.70. The van der Waals surface area contributed by atoms with Crippen molar-refractivity contribution in [3.05, 3.63) is 0 Å². The predicted molar refractivity (Wildman–Crippen MR) is 80.8 cm³/mol. The molecule has 20 heavy (non-hydrogen) atoms. The fourth-order valence-electron chi connectivity index (χ4n) is 3.87. The van der Waals surface area contributed by atoms with Crippen molar-refractivity contribution in [3.8, 4) is 0 Å². The summed E-state index contributed by atoms with van der Waals surface area (Å²) in [6.45, 7) is 5.29. The summed E-state index contributed by atoms with van der Waals surface area (Å²) in [5.74, 6) is 1.14. The molecule has 4 heteroatoms. The summed E-state index contributed by atoms with van der Waals surface area (Å²) in [7, 11) is 1.74. The Labute approximate surface area is 122 Å². The van der Waals surface area contributed by atoms with Gasteiger partial charge in [0.25, 0.3) is 0 Å². The second kappa shape index (κ2) is 6.90. The van der Waals surface area contributed by atoms with E-state index < -0.39 is 11.5 Å². The summed E-state index contributed by atoms with van der Waals surface area (Å²) in [6, 6.07) is 0. The molecule has 2 rings (SSSR count).